The number of allylic oxidation sites excluding steroid dienone is 6. The third-order valence-corrected chi connectivity index (χ3v) is 8.41. The molecule has 3 N–H and O–H groups in total. The molecule has 0 aromatic rings. The van der Waals surface area contributed by atoms with Crippen LogP contribution in [0.5, 0.6) is 0 Å². The lowest BCUT2D eigenvalue weighted by molar-refractivity contribution is 0.208. The third-order valence-electron chi connectivity index (χ3n) is 8.41. The van der Waals surface area contributed by atoms with Crippen LogP contribution in [0.25, 0.3) is 0 Å². The zero-order valence-corrected chi connectivity index (χ0v) is 30.9. The van der Waals surface area contributed by atoms with Crippen LogP contribution in [-0.2, 0) is 0 Å². The van der Waals surface area contributed by atoms with Gasteiger partial charge >= 0.3 is 0 Å². The smallest absolute Gasteiger partial charge is 0.176 e. The fourth-order valence-corrected chi connectivity index (χ4v) is 5.43. The van der Waals surface area contributed by atoms with E-state index in [0.717, 1.165) is 83.5 Å². The van der Waals surface area contributed by atoms with Gasteiger partial charge in [0.25, 0.3) is 0 Å². The van der Waals surface area contributed by atoms with E-state index in [-0.39, 0.29) is 6.10 Å². The van der Waals surface area contributed by atoms with E-state index in [1.165, 1.54) is 83.5 Å². The summed E-state index contributed by atoms with van der Waals surface area (Å²) in [6, 6.07) is 0. The Balaban J connectivity index is 3.52. The number of rotatable bonds is 31. The van der Waals surface area contributed by atoms with E-state index in [2.05, 4.69) is 59.8 Å². The van der Waals surface area contributed by atoms with Gasteiger partial charge < -0.3 is 15.3 Å². The molecule has 0 rings (SSSR count). The summed E-state index contributed by atoms with van der Waals surface area (Å²) in [5.74, 6) is 16.5. The Hall–Kier alpha value is -2.92. The number of hydrogen-bond donors (Lipinski definition) is 3. The van der Waals surface area contributed by atoms with Crippen molar-refractivity contribution < 1.29 is 15.3 Å². The molecule has 3 atom stereocenters. The Morgan fingerprint density at radius 1 is 0.449 bits per heavy atom. The molecule has 0 fully saturated rings. The van der Waals surface area contributed by atoms with E-state index in [1.807, 2.05) is 18.2 Å². The maximum Gasteiger partial charge on any atom is 0.176 e. The Kier molecular flexibility index (Phi) is 37.2. The van der Waals surface area contributed by atoms with Crippen LogP contribution >= 0.6 is 0 Å². The van der Waals surface area contributed by atoms with E-state index in [1.54, 1.807) is 6.08 Å². The second kappa shape index (κ2) is 39.5. The largest absolute Gasteiger partial charge is 0.389 e. The van der Waals surface area contributed by atoms with Crippen LogP contribution in [0, 0.1) is 48.4 Å². The number of terminal acetylenes is 2. The first-order valence-corrected chi connectivity index (χ1v) is 19.7. The van der Waals surface area contributed by atoms with Gasteiger partial charge in [0.15, 0.2) is 6.10 Å². The maximum absolute atomic E-state index is 10.2. The Morgan fingerprint density at radius 2 is 0.878 bits per heavy atom. The van der Waals surface area contributed by atoms with Crippen molar-refractivity contribution in [3.05, 3.63) is 48.6 Å². The van der Waals surface area contributed by atoms with Gasteiger partial charge in [-0.2, -0.15) is 0 Å². The van der Waals surface area contributed by atoms with Gasteiger partial charge in [-0.1, -0.05) is 149 Å². The molecule has 0 aliphatic heterocycles. The maximum atomic E-state index is 10.2. The molecule has 1 unspecified atom stereocenters. The molecule has 0 aromatic carbocycles. The minimum Gasteiger partial charge on any atom is -0.389 e. The fraction of sp³-hybridized carbons (Fsp3) is 0.652. The summed E-state index contributed by atoms with van der Waals surface area (Å²) >= 11 is 0. The van der Waals surface area contributed by atoms with E-state index in [9.17, 15) is 15.3 Å². The molecule has 0 heterocycles. The van der Waals surface area contributed by atoms with E-state index in [4.69, 9.17) is 12.8 Å². The van der Waals surface area contributed by atoms with Gasteiger partial charge in [0.1, 0.15) is 6.10 Å². The number of unbranched alkanes of at least 4 members (excludes halogenated alkanes) is 22. The monoisotopic (exact) mass is 671 g/mol. The van der Waals surface area contributed by atoms with Crippen molar-refractivity contribution in [2.45, 2.75) is 192 Å². The molecule has 0 aliphatic rings. The zero-order chi connectivity index (χ0) is 35.7. The zero-order valence-electron chi connectivity index (χ0n) is 30.9. The van der Waals surface area contributed by atoms with Gasteiger partial charge in [-0.15, -0.1) is 12.8 Å². The summed E-state index contributed by atoms with van der Waals surface area (Å²) < 4.78 is 0. The molecule has 0 aliphatic carbocycles. The van der Waals surface area contributed by atoms with Crippen molar-refractivity contribution in [1.29, 1.82) is 0 Å². The van der Waals surface area contributed by atoms with E-state index < -0.39 is 12.2 Å². The molecule has 0 radical (unpaired) electrons. The fourth-order valence-electron chi connectivity index (χ4n) is 5.43. The summed E-state index contributed by atoms with van der Waals surface area (Å²) in [5, 5.41) is 29.3. The summed E-state index contributed by atoms with van der Waals surface area (Å²) in [6.45, 7) is 0. The Labute approximate surface area is 303 Å². The summed E-state index contributed by atoms with van der Waals surface area (Å²) in [7, 11) is 0. The van der Waals surface area contributed by atoms with Crippen LogP contribution < -0.4 is 0 Å². The average molecular weight is 671 g/mol. The van der Waals surface area contributed by atoms with Crippen LogP contribution in [0.2, 0.25) is 0 Å². The highest BCUT2D eigenvalue weighted by Gasteiger charge is 1.99. The van der Waals surface area contributed by atoms with Gasteiger partial charge in [-0.05, 0) is 95.6 Å². The summed E-state index contributed by atoms with van der Waals surface area (Å²) in [6.07, 6.45) is 55.7. The summed E-state index contributed by atoms with van der Waals surface area (Å²) in [5.41, 5.74) is 0. The third kappa shape index (κ3) is 39.4. The first kappa shape index (κ1) is 46.1. The molecule has 0 bridgehead atoms. The average Bonchev–Trinajstić information content (AvgIpc) is 3.10. The molecular formula is C46H70O3. The predicted octanol–water partition coefficient (Wildman–Crippen LogP) is 11.1. The van der Waals surface area contributed by atoms with Gasteiger partial charge in [0.05, 0.1) is 6.10 Å². The first-order valence-electron chi connectivity index (χ1n) is 19.7. The number of aliphatic hydroxyl groups excluding tert-OH is 3. The molecular weight excluding hydrogens is 601 g/mol. The highest BCUT2D eigenvalue weighted by Crippen LogP contribution is 2.14. The van der Waals surface area contributed by atoms with Crippen molar-refractivity contribution in [3.8, 4) is 48.4 Å². The molecule has 0 saturated carbocycles. The van der Waals surface area contributed by atoms with Crippen LogP contribution in [-0.4, -0.2) is 33.6 Å². The summed E-state index contributed by atoms with van der Waals surface area (Å²) in [4.78, 5) is 0. The molecule has 0 aromatic heterocycles. The quantitative estimate of drug-likeness (QED) is 0.0391. The molecule has 0 amide bonds. The van der Waals surface area contributed by atoms with Gasteiger partial charge in [0, 0.05) is 12.8 Å². The van der Waals surface area contributed by atoms with E-state index >= 15 is 0 Å². The Bertz CT molecular complexity index is 1060. The molecule has 49 heavy (non-hydrogen) atoms. The molecule has 3 nitrogen and oxygen atoms in total. The Morgan fingerprint density at radius 3 is 1.43 bits per heavy atom. The number of aliphatic hydroxyl groups is 3. The lowest BCUT2D eigenvalue weighted by Gasteiger charge is -2.03. The molecule has 0 spiro atoms. The van der Waals surface area contributed by atoms with Crippen molar-refractivity contribution in [3.63, 3.8) is 0 Å². The van der Waals surface area contributed by atoms with Crippen LogP contribution in [0.3, 0.4) is 0 Å². The minimum absolute atomic E-state index is 0.388. The van der Waals surface area contributed by atoms with E-state index in [0.29, 0.717) is 6.42 Å². The van der Waals surface area contributed by atoms with Crippen molar-refractivity contribution in [1.82, 2.24) is 0 Å². The molecule has 272 valence electrons. The highest BCUT2D eigenvalue weighted by molar-refractivity contribution is 5.19. The second-order valence-electron chi connectivity index (χ2n) is 13.1. The predicted molar refractivity (Wildman–Crippen MR) is 212 cm³/mol. The highest BCUT2D eigenvalue weighted by atomic mass is 16.3. The van der Waals surface area contributed by atoms with Crippen LogP contribution in [0.4, 0.5) is 0 Å². The van der Waals surface area contributed by atoms with Crippen molar-refractivity contribution >= 4 is 0 Å². The topological polar surface area (TPSA) is 60.7 Å². The standard InChI is InChI=1S/C46H70O3/c1-3-5-6-7-8-9-10-11-12-13-14-15-16-17-18-19-20-21-22-23-27-30-35-40-45(48)42-37-32-33-38-43-46(49)41-36-31-28-25-24-26-29-34-39-44(47)4-2/h1-2,5-6,21-22,34-35,39-40,44-49H,7-20,23-33,37,42H2/b6-5?,22-21?,39-34+,40-35+/t44-,45?,46+/m0/s1. The van der Waals surface area contributed by atoms with Gasteiger partial charge in [0.2, 0.25) is 0 Å². The minimum atomic E-state index is -0.884. The molecule has 3 heteroatoms. The lowest BCUT2D eigenvalue weighted by Crippen LogP contribution is -2.01. The first-order chi connectivity index (χ1) is 24.1. The van der Waals surface area contributed by atoms with Gasteiger partial charge in [-0.25, -0.2) is 0 Å². The number of hydrogen-bond acceptors (Lipinski definition) is 3. The van der Waals surface area contributed by atoms with Gasteiger partial charge in [-0.3, -0.25) is 0 Å². The van der Waals surface area contributed by atoms with Crippen LogP contribution in [0.15, 0.2) is 48.6 Å². The van der Waals surface area contributed by atoms with Crippen molar-refractivity contribution in [2.75, 3.05) is 0 Å². The van der Waals surface area contributed by atoms with Crippen molar-refractivity contribution in [2.24, 2.45) is 0 Å². The SMILES string of the molecule is C#CC=CCCCCCCCCCCCCCCC=CCCC/C=C/C(O)CCCCC#C[C@H](O)C#CCCCCCC/C=C/[C@@H](O)C#C. The second-order valence-corrected chi connectivity index (χ2v) is 13.1. The van der Waals surface area contributed by atoms with Crippen LogP contribution in [0.1, 0.15) is 173 Å². The normalized spacial score (nSPS) is 13.2. The molecule has 0 saturated heterocycles. The lowest BCUT2D eigenvalue weighted by atomic mass is 10.0.